The molecule has 1 aromatic rings. The van der Waals surface area contributed by atoms with Gasteiger partial charge in [0.25, 0.3) is 0 Å². The third-order valence-electron chi connectivity index (χ3n) is 1.03. The van der Waals surface area contributed by atoms with E-state index in [1.807, 2.05) is 11.4 Å². The van der Waals surface area contributed by atoms with Crippen LogP contribution in [0, 0.1) is 0 Å². The van der Waals surface area contributed by atoms with Gasteiger partial charge in [-0.25, -0.2) is 0 Å². The smallest absolute Gasteiger partial charge is 0.0479 e. The van der Waals surface area contributed by atoms with E-state index in [1.165, 1.54) is 4.88 Å². The van der Waals surface area contributed by atoms with E-state index < -0.39 is 0 Å². The van der Waals surface area contributed by atoms with Crippen molar-refractivity contribution in [2.24, 2.45) is 0 Å². The van der Waals surface area contributed by atoms with Crippen molar-refractivity contribution < 1.29 is 5.11 Å². The molecule has 0 aliphatic heterocycles. The maximum atomic E-state index is 8.55. The molecule has 0 aromatic carbocycles. The Labute approximate surface area is 66.5 Å². The highest BCUT2D eigenvalue weighted by molar-refractivity contribution is 9.10. The Hall–Kier alpha value is 0.140. The van der Waals surface area contributed by atoms with Crippen molar-refractivity contribution in [3.05, 3.63) is 20.8 Å². The average Bonchev–Trinajstić information content (AvgIpc) is 2.18. The van der Waals surface area contributed by atoms with E-state index in [-0.39, 0.29) is 6.61 Å². The second-order valence-corrected chi connectivity index (χ2v) is 3.52. The molecule has 0 saturated carbocycles. The lowest BCUT2D eigenvalue weighted by Gasteiger charge is -1.90. The fraction of sp³-hybridized carbons (Fsp3) is 0.333. The molecule has 1 heterocycles. The van der Waals surface area contributed by atoms with Crippen LogP contribution in [0.2, 0.25) is 0 Å². The van der Waals surface area contributed by atoms with Crippen molar-refractivity contribution in [2.75, 3.05) is 6.61 Å². The van der Waals surface area contributed by atoms with Gasteiger partial charge in [-0.15, -0.1) is 11.3 Å². The van der Waals surface area contributed by atoms with Crippen LogP contribution in [0.1, 0.15) is 4.88 Å². The van der Waals surface area contributed by atoms with E-state index in [0.717, 1.165) is 10.9 Å². The van der Waals surface area contributed by atoms with Crippen LogP contribution in [-0.4, -0.2) is 11.7 Å². The minimum Gasteiger partial charge on any atom is -0.396 e. The second-order valence-electron chi connectivity index (χ2n) is 1.67. The summed E-state index contributed by atoms with van der Waals surface area (Å²) in [6.07, 6.45) is 0.762. The van der Waals surface area contributed by atoms with Gasteiger partial charge in [0, 0.05) is 22.4 Å². The molecule has 0 aliphatic rings. The number of thiophene rings is 1. The molecule has 0 unspecified atom stereocenters. The molecule has 0 fully saturated rings. The number of aliphatic hydroxyl groups is 1. The normalized spacial score (nSPS) is 10.0. The van der Waals surface area contributed by atoms with Crippen molar-refractivity contribution in [3.8, 4) is 0 Å². The molecular weight excluding hydrogens is 200 g/mol. The van der Waals surface area contributed by atoms with Gasteiger partial charge < -0.3 is 5.11 Å². The van der Waals surface area contributed by atoms with Crippen molar-refractivity contribution in [1.29, 1.82) is 0 Å². The van der Waals surface area contributed by atoms with E-state index in [9.17, 15) is 0 Å². The summed E-state index contributed by atoms with van der Waals surface area (Å²) in [6.45, 7) is 0.235. The molecule has 9 heavy (non-hydrogen) atoms. The second kappa shape index (κ2) is 3.34. The van der Waals surface area contributed by atoms with Crippen molar-refractivity contribution in [1.82, 2.24) is 0 Å². The summed E-state index contributed by atoms with van der Waals surface area (Å²) in [4.78, 5) is 1.22. The van der Waals surface area contributed by atoms with Crippen LogP contribution in [0.4, 0.5) is 0 Å². The van der Waals surface area contributed by atoms with E-state index >= 15 is 0 Å². The van der Waals surface area contributed by atoms with E-state index in [4.69, 9.17) is 5.11 Å². The molecule has 1 aromatic heterocycles. The summed E-state index contributed by atoms with van der Waals surface area (Å²) in [7, 11) is 0. The first-order valence-corrected chi connectivity index (χ1v) is 4.34. The van der Waals surface area contributed by atoms with Crippen molar-refractivity contribution in [3.63, 3.8) is 0 Å². The lowest BCUT2D eigenvalue weighted by molar-refractivity contribution is 0.300. The first-order chi connectivity index (χ1) is 4.34. The minimum absolute atomic E-state index is 0.235. The minimum atomic E-state index is 0.235. The Morgan fingerprint density at radius 3 is 2.89 bits per heavy atom. The predicted octanol–water partition coefficient (Wildman–Crippen LogP) is 2.05. The number of rotatable bonds is 2. The topological polar surface area (TPSA) is 20.2 Å². The highest BCUT2D eigenvalue weighted by atomic mass is 79.9. The van der Waals surface area contributed by atoms with Crippen LogP contribution in [0.15, 0.2) is 15.9 Å². The quantitative estimate of drug-likeness (QED) is 0.786. The maximum Gasteiger partial charge on any atom is 0.0479 e. The standard InChI is InChI=1S/C6H7BrOS/c7-5-2-4-9-6(5)1-3-8/h2,4,8H,1,3H2. The van der Waals surface area contributed by atoms with Gasteiger partial charge in [0.2, 0.25) is 0 Å². The molecule has 0 saturated heterocycles. The monoisotopic (exact) mass is 206 g/mol. The Morgan fingerprint density at radius 1 is 1.67 bits per heavy atom. The van der Waals surface area contributed by atoms with Crippen LogP contribution in [-0.2, 0) is 6.42 Å². The molecule has 1 nitrogen and oxygen atoms in total. The number of aliphatic hydroxyl groups excluding tert-OH is 1. The number of hydrogen-bond acceptors (Lipinski definition) is 2. The van der Waals surface area contributed by atoms with Gasteiger partial charge in [0.05, 0.1) is 0 Å². The molecule has 0 atom stereocenters. The fourth-order valence-electron chi connectivity index (χ4n) is 0.605. The zero-order valence-electron chi connectivity index (χ0n) is 4.80. The van der Waals surface area contributed by atoms with Gasteiger partial charge in [-0.2, -0.15) is 0 Å². The maximum absolute atomic E-state index is 8.55. The van der Waals surface area contributed by atoms with Crippen LogP contribution in [0.3, 0.4) is 0 Å². The van der Waals surface area contributed by atoms with E-state index in [2.05, 4.69) is 15.9 Å². The van der Waals surface area contributed by atoms with Crippen LogP contribution < -0.4 is 0 Å². The fourth-order valence-corrected chi connectivity index (χ4v) is 2.15. The molecule has 1 N–H and O–H groups in total. The molecule has 0 radical (unpaired) electrons. The van der Waals surface area contributed by atoms with Crippen molar-refractivity contribution in [2.45, 2.75) is 6.42 Å². The van der Waals surface area contributed by atoms with Crippen LogP contribution in [0.25, 0.3) is 0 Å². The van der Waals surface area contributed by atoms with Crippen LogP contribution >= 0.6 is 27.3 Å². The van der Waals surface area contributed by atoms with Gasteiger partial charge in [0.15, 0.2) is 0 Å². The third kappa shape index (κ3) is 1.78. The summed E-state index contributed by atoms with van der Waals surface area (Å²) in [5, 5.41) is 10.6. The van der Waals surface area contributed by atoms with E-state index in [0.29, 0.717) is 0 Å². The highest BCUT2D eigenvalue weighted by Gasteiger charge is 1.97. The lowest BCUT2D eigenvalue weighted by Crippen LogP contribution is -1.85. The average molecular weight is 207 g/mol. The first kappa shape index (κ1) is 7.25. The summed E-state index contributed by atoms with van der Waals surface area (Å²) in [5.74, 6) is 0. The highest BCUT2D eigenvalue weighted by Crippen LogP contribution is 2.22. The molecule has 0 amide bonds. The molecule has 1 rings (SSSR count). The number of hydrogen-bond donors (Lipinski definition) is 1. The Kier molecular flexibility index (Phi) is 2.69. The van der Waals surface area contributed by atoms with Gasteiger partial charge in [-0.1, -0.05) is 0 Å². The van der Waals surface area contributed by atoms with Crippen molar-refractivity contribution >= 4 is 27.3 Å². The SMILES string of the molecule is OCCc1sccc1Br. The Balaban J connectivity index is 2.69. The molecule has 3 heteroatoms. The molecule has 50 valence electrons. The lowest BCUT2D eigenvalue weighted by atomic mass is 10.4. The summed E-state index contributed by atoms with van der Waals surface area (Å²) in [5.41, 5.74) is 0. The molecular formula is C6H7BrOS. The first-order valence-electron chi connectivity index (χ1n) is 2.67. The Morgan fingerprint density at radius 2 is 2.44 bits per heavy atom. The Bertz CT molecular complexity index is 185. The van der Waals surface area contributed by atoms with Gasteiger partial charge in [0.1, 0.15) is 0 Å². The van der Waals surface area contributed by atoms with Gasteiger partial charge in [-0.3, -0.25) is 0 Å². The summed E-state index contributed by atoms with van der Waals surface area (Å²) in [6, 6.07) is 2.00. The summed E-state index contributed by atoms with van der Waals surface area (Å²) < 4.78 is 1.11. The van der Waals surface area contributed by atoms with Gasteiger partial charge in [-0.05, 0) is 27.4 Å². The zero-order valence-corrected chi connectivity index (χ0v) is 7.20. The molecule has 0 bridgehead atoms. The largest absolute Gasteiger partial charge is 0.396 e. The molecule has 0 spiro atoms. The zero-order chi connectivity index (χ0) is 6.69. The number of halogens is 1. The third-order valence-corrected chi connectivity index (χ3v) is 3.02. The molecule has 0 aliphatic carbocycles. The summed E-state index contributed by atoms with van der Waals surface area (Å²) >= 11 is 5.03. The van der Waals surface area contributed by atoms with Gasteiger partial charge >= 0.3 is 0 Å². The van der Waals surface area contributed by atoms with E-state index in [1.54, 1.807) is 11.3 Å². The van der Waals surface area contributed by atoms with Crippen LogP contribution in [0.5, 0.6) is 0 Å². The predicted molar refractivity (Wildman–Crippen MR) is 42.8 cm³/mol.